The Morgan fingerprint density at radius 3 is 3.12 bits per heavy atom. The lowest BCUT2D eigenvalue weighted by atomic mass is 10.3. The van der Waals surface area contributed by atoms with E-state index in [-0.39, 0.29) is 18.4 Å². The van der Waals surface area contributed by atoms with Gasteiger partial charge in [-0.05, 0) is 6.42 Å². The van der Waals surface area contributed by atoms with Gasteiger partial charge in [-0.2, -0.15) is 0 Å². The Bertz CT molecular complexity index is 417. The Labute approximate surface area is 96.4 Å². The van der Waals surface area contributed by atoms with Crippen LogP contribution in [-0.2, 0) is 4.79 Å². The average Bonchev–Trinajstić information content (AvgIpc) is 2.56. The maximum absolute atomic E-state index is 11.9. The van der Waals surface area contributed by atoms with Crippen molar-refractivity contribution in [1.29, 1.82) is 0 Å². The van der Waals surface area contributed by atoms with Gasteiger partial charge in [0.05, 0.1) is 6.54 Å². The number of nitrogen functional groups attached to an aromatic ring is 1. The van der Waals surface area contributed by atoms with Gasteiger partial charge in [0.2, 0.25) is 5.91 Å². The van der Waals surface area contributed by atoms with Gasteiger partial charge < -0.3 is 16.0 Å². The fourth-order valence-electron chi connectivity index (χ4n) is 1.53. The number of carbonyl (C=O) groups excluding carboxylic acids is 2. The van der Waals surface area contributed by atoms with E-state index in [0.29, 0.717) is 23.9 Å². The second-order valence-electron chi connectivity index (χ2n) is 3.50. The van der Waals surface area contributed by atoms with Crippen LogP contribution in [0.5, 0.6) is 0 Å². The molecule has 1 aromatic rings. The SMILES string of the molecule is Nc1nc(C(=O)N2CCCNC(=O)C2)cs1. The summed E-state index contributed by atoms with van der Waals surface area (Å²) >= 11 is 1.22. The van der Waals surface area contributed by atoms with Crippen molar-refractivity contribution in [1.82, 2.24) is 15.2 Å². The predicted octanol–water partition coefficient (Wildman–Crippen LogP) is -0.313. The van der Waals surface area contributed by atoms with Gasteiger partial charge in [0.15, 0.2) is 5.13 Å². The maximum atomic E-state index is 11.9. The molecular weight excluding hydrogens is 228 g/mol. The highest BCUT2D eigenvalue weighted by Crippen LogP contribution is 2.13. The summed E-state index contributed by atoms with van der Waals surface area (Å²) in [4.78, 5) is 28.6. The summed E-state index contributed by atoms with van der Waals surface area (Å²) in [7, 11) is 0. The van der Waals surface area contributed by atoms with Gasteiger partial charge in [0.25, 0.3) is 5.91 Å². The van der Waals surface area contributed by atoms with E-state index in [4.69, 9.17) is 5.73 Å². The number of hydrogen-bond donors (Lipinski definition) is 2. The molecule has 86 valence electrons. The Hall–Kier alpha value is -1.63. The summed E-state index contributed by atoms with van der Waals surface area (Å²) in [6, 6.07) is 0. The molecule has 1 aliphatic heterocycles. The van der Waals surface area contributed by atoms with Gasteiger partial charge >= 0.3 is 0 Å². The first-order chi connectivity index (χ1) is 7.66. The van der Waals surface area contributed by atoms with Crippen molar-refractivity contribution in [3.05, 3.63) is 11.1 Å². The van der Waals surface area contributed by atoms with Crippen LogP contribution in [0.15, 0.2) is 5.38 Å². The van der Waals surface area contributed by atoms with E-state index < -0.39 is 0 Å². The summed E-state index contributed by atoms with van der Waals surface area (Å²) in [5, 5.41) is 4.69. The number of amides is 2. The molecule has 1 saturated heterocycles. The molecule has 0 spiro atoms. The van der Waals surface area contributed by atoms with Crippen molar-refractivity contribution < 1.29 is 9.59 Å². The molecule has 1 fully saturated rings. The number of aromatic nitrogens is 1. The van der Waals surface area contributed by atoms with Crippen LogP contribution in [0.2, 0.25) is 0 Å². The number of carbonyl (C=O) groups is 2. The number of anilines is 1. The minimum atomic E-state index is -0.231. The van der Waals surface area contributed by atoms with Crippen LogP contribution >= 0.6 is 11.3 Å². The Morgan fingerprint density at radius 2 is 2.44 bits per heavy atom. The fraction of sp³-hybridized carbons (Fsp3) is 0.444. The number of nitrogens with zero attached hydrogens (tertiary/aromatic N) is 2. The molecule has 1 aromatic heterocycles. The summed E-state index contributed by atoms with van der Waals surface area (Å²) in [5.41, 5.74) is 5.78. The van der Waals surface area contributed by atoms with Gasteiger partial charge in [-0.15, -0.1) is 11.3 Å². The van der Waals surface area contributed by atoms with Crippen molar-refractivity contribution >= 4 is 28.3 Å². The molecule has 1 aliphatic rings. The third-order valence-electron chi connectivity index (χ3n) is 2.29. The van der Waals surface area contributed by atoms with E-state index in [1.165, 1.54) is 16.2 Å². The van der Waals surface area contributed by atoms with Crippen molar-refractivity contribution in [2.45, 2.75) is 6.42 Å². The predicted molar refractivity (Wildman–Crippen MR) is 60.1 cm³/mol. The molecule has 0 aliphatic carbocycles. The van der Waals surface area contributed by atoms with Crippen molar-refractivity contribution in [2.75, 3.05) is 25.4 Å². The zero-order chi connectivity index (χ0) is 11.5. The quantitative estimate of drug-likeness (QED) is 0.704. The molecule has 6 nitrogen and oxygen atoms in total. The molecular formula is C9H12N4O2S. The Morgan fingerprint density at radius 1 is 1.62 bits per heavy atom. The summed E-state index contributed by atoms with van der Waals surface area (Å²) in [6.45, 7) is 1.27. The molecule has 0 atom stereocenters. The van der Waals surface area contributed by atoms with E-state index in [1.54, 1.807) is 5.38 Å². The monoisotopic (exact) mass is 240 g/mol. The van der Waals surface area contributed by atoms with E-state index in [0.717, 1.165) is 6.42 Å². The largest absolute Gasteiger partial charge is 0.375 e. The third-order valence-corrected chi connectivity index (χ3v) is 2.96. The number of nitrogens with two attached hydrogens (primary N) is 1. The van der Waals surface area contributed by atoms with E-state index in [1.807, 2.05) is 0 Å². The van der Waals surface area contributed by atoms with Crippen molar-refractivity contribution in [2.24, 2.45) is 0 Å². The van der Waals surface area contributed by atoms with Gasteiger partial charge in [0, 0.05) is 18.5 Å². The Balaban J connectivity index is 2.11. The summed E-state index contributed by atoms with van der Waals surface area (Å²) < 4.78 is 0. The number of thiazole rings is 1. The third kappa shape index (κ3) is 2.30. The van der Waals surface area contributed by atoms with Gasteiger partial charge in [0.1, 0.15) is 5.69 Å². The smallest absolute Gasteiger partial charge is 0.273 e. The number of nitrogens with one attached hydrogen (secondary N) is 1. The van der Waals surface area contributed by atoms with Crippen LogP contribution in [0, 0.1) is 0 Å². The highest BCUT2D eigenvalue weighted by molar-refractivity contribution is 7.13. The normalized spacial score (nSPS) is 16.8. The summed E-state index contributed by atoms with van der Waals surface area (Å²) in [5.74, 6) is -0.362. The van der Waals surface area contributed by atoms with Crippen molar-refractivity contribution in [3.8, 4) is 0 Å². The van der Waals surface area contributed by atoms with Crippen LogP contribution in [-0.4, -0.2) is 41.3 Å². The van der Waals surface area contributed by atoms with E-state index >= 15 is 0 Å². The first-order valence-electron chi connectivity index (χ1n) is 4.94. The minimum Gasteiger partial charge on any atom is -0.375 e. The molecule has 2 heterocycles. The lowest BCUT2D eigenvalue weighted by Gasteiger charge is -2.17. The molecule has 2 amide bonds. The standard InChI is InChI=1S/C9H12N4O2S/c10-9-12-6(5-16-9)8(15)13-3-1-2-11-7(14)4-13/h5H,1-4H2,(H2,10,12)(H,11,14). The first-order valence-corrected chi connectivity index (χ1v) is 5.82. The highest BCUT2D eigenvalue weighted by Gasteiger charge is 2.22. The molecule has 0 unspecified atom stereocenters. The molecule has 16 heavy (non-hydrogen) atoms. The molecule has 7 heteroatoms. The summed E-state index contributed by atoms with van der Waals surface area (Å²) in [6.07, 6.45) is 0.761. The van der Waals surface area contributed by atoms with Crippen LogP contribution in [0.3, 0.4) is 0 Å². The number of hydrogen-bond acceptors (Lipinski definition) is 5. The molecule has 0 saturated carbocycles. The van der Waals surface area contributed by atoms with Crippen LogP contribution in [0.1, 0.15) is 16.9 Å². The topological polar surface area (TPSA) is 88.3 Å². The van der Waals surface area contributed by atoms with Crippen LogP contribution in [0.25, 0.3) is 0 Å². The highest BCUT2D eigenvalue weighted by atomic mass is 32.1. The minimum absolute atomic E-state index is 0.0935. The molecule has 2 rings (SSSR count). The zero-order valence-electron chi connectivity index (χ0n) is 8.60. The van der Waals surface area contributed by atoms with Gasteiger partial charge in [-0.3, -0.25) is 9.59 Å². The molecule has 0 radical (unpaired) electrons. The zero-order valence-corrected chi connectivity index (χ0v) is 9.42. The second-order valence-corrected chi connectivity index (χ2v) is 4.39. The van der Waals surface area contributed by atoms with E-state index in [2.05, 4.69) is 10.3 Å². The van der Waals surface area contributed by atoms with Crippen molar-refractivity contribution in [3.63, 3.8) is 0 Å². The Kier molecular flexibility index (Phi) is 3.04. The molecule has 0 aromatic carbocycles. The van der Waals surface area contributed by atoms with Gasteiger partial charge in [-0.1, -0.05) is 0 Å². The van der Waals surface area contributed by atoms with E-state index in [9.17, 15) is 9.59 Å². The van der Waals surface area contributed by atoms with Gasteiger partial charge in [-0.25, -0.2) is 4.98 Å². The lowest BCUT2D eigenvalue weighted by molar-refractivity contribution is -0.121. The lowest BCUT2D eigenvalue weighted by Crippen LogP contribution is -2.37. The second kappa shape index (κ2) is 4.48. The van der Waals surface area contributed by atoms with Crippen LogP contribution in [0.4, 0.5) is 5.13 Å². The maximum Gasteiger partial charge on any atom is 0.273 e. The molecule has 0 bridgehead atoms. The van der Waals surface area contributed by atoms with Crippen LogP contribution < -0.4 is 11.1 Å². The fourth-order valence-corrected chi connectivity index (χ4v) is 2.06. The first kappa shape index (κ1) is 10.9. The number of rotatable bonds is 1. The molecule has 3 N–H and O–H groups in total. The average molecular weight is 240 g/mol.